The van der Waals surface area contributed by atoms with Gasteiger partial charge in [0.15, 0.2) is 0 Å². The van der Waals surface area contributed by atoms with E-state index in [0.29, 0.717) is 5.92 Å². The summed E-state index contributed by atoms with van der Waals surface area (Å²) in [6.07, 6.45) is 5.50. The number of rotatable bonds is 0. The van der Waals surface area contributed by atoms with Gasteiger partial charge in [-0.25, -0.2) is 0 Å². The molecule has 0 aromatic carbocycles. The molecule has 2 aliphatic carbocycles. The lowest BCUT2D eigenvalue weighted by atomic mass is 10.1. The van der Waals surface area contributed by atoms with Gasteiger partial charge in [0, 0.05) is 5.03 Å². The van der Waals surface area contributed by atoms with E-state index in [0.717, 1.165) is 17.9 Å². The first-order valence-corrected chi connectivity index (χ1v) is 4.03. The number of alkyl halides is 1. The zero-order valence-corrected chi connectivity index (χ0v) is 6.54. The van der Waals surface area contributed by atoms with Crippen LogP contribution in [-0.4, -0.2) is 4.87 Å². The molecule has 0 aliphatic heterocycles. The normalized spacial score (nSPS) is 47.8. The highest BCUT2D eigenvalue weighted by molar-refractivity contribution is 6.40. The summed E-state index contributed by atoms with van der Waals surface area (Å²) < 4.78 is 0. The third kappa shape index (κ3) is 0.731. The van der Waals surface area contributed by atoms with Crippen molar-refractivity contribution in [1.29, 1.82) is 0 Å². The largest absolute Gasteiger partial charge is 0.113 e. The van der Waals surface area contributed by atoms with Crippen LogP contribution in [0, 0.1) is 5.92 Å². The van der Waals surface area contributed by atoms with Crippen LogP contribution < -0.4 is 0 Å². The van der Waals surface area contributed by atoms with Gasteiger partial charge < -0.3 is 0 Å². The highest BCUT2D eigenvalue weighted by Crippen LogP contribution is 2.52. The molecule has 2 atom stereocenters. The van der Waals surface area contributed by atoms with Crippen LogP contribution in [0.5, 0.6) is 0 Å². The molecule has 2 aliphatic rings. The number of halogens is 2. The van der Waals surface area contributed by atoms with Gasteiger partial charge in [0.2, 0.25) is 0 Å². The predicted octanol–water partition coefficient (Wildman–Crippen LogP) is 2.90. The molecule has 2 unspecified atom stereocenters. The number of fused-ring (bicyclic) bond motifs is 2. The quantitative estimate of drug-likeness (QED) is 0.481. The molecule has 2 bridgehead atoms. The van der Waals surface area contributed by atoms with Gasteiger partial charge in [0.05, 0.1) is 4.87 Å². The Morgan fingerprint density at radius 3 is 2.67 bits per heavy atom. The molecule has 9 heavy (non-hydrogen) atoms. The molecular formula is C7H8Cl2. The molecule has 0 radical (unpaired) electrons. The Balaban J connectivity index is 2.37. The monoisotopic (exact) mass is 162 g/mol. The maximum atomic E-state index is 6.15. The molecule has 0 amide bonds. The molecule has 2 heteroatoms. The lowest BCUT2D eigenvalue weighted by molar-refractivity contribution is 0.699. The number of hydrogen-bond donors (Lipinski definition) is 0. The summed E-state index contributed by atoms with van der Waals surface area (Å²) in [5, 5.41) is 0.889. The molecule has 0 nitrogen and oxygen atoms in total. The molecule has 0 saturated heterocycles. The van der Waals surface area contributed by atoms with Gasteiger partial charge in [-0.15, -0.1) is 11.6 Å². The Hall–Kier alpha value is 0.320. The molecule has 1 fully saturated rings. The van der Waals surface area contributed by atoms with Crippen molar-refractivity contribution >= 4 is 23.2 Å². The van der Waals surface area contributed by atoms with E-state index in [9.17, 15) is 0 Å². The first kappa shape index (κ1) is 6.06. The Morgan fingerprint density at radius 2 is 2.44 bits per heavy atom. The summed E-state index contributed by atoms with van der Waals surface area (Å²) in [6.45, 7) is 0. The third-order valence-corrected chi connectivity index (χ3v) is 3.44. The lowest BCUT2D eigenvalue weighted by Crippen LogP contribution is -2.13. The second-order valence-corrected chi connectivity index (χ2v) is 4.11. The first-order chi connectivity index (χ1) is 4.21. The van der Waals surface area contributed by atoms with Crippen molar-refractivity contribution in [2.24, 2.45) is 5.92 Å². The smallest absolute Gasteiger partial charge is 0.0803 e. The van der Waals surface area contributed by atoms with Gasteiger partial charge in [-0.1, -0.05) is 17.7 Å². The fourth-order valence-electron chi connectivity index (χ4n) is 1.75. The average Bonchev–Trinajstić information content (AvgIpc) is 2.22. The minimum Gasteiger partial charge on any atom is -0.113 e. The second kappa shape index (κ2) is 1.67. The van der Waals surface area contributed by atoms with Crippen molar-refractivity contribution in [3.8, 4) is 0 Å². The maximum Gasteiger partial charge on any atom is 0.0803 e. The van der Waals surface area contributed by atoms with Crippen molar-refractivity contribution in [2.75, 3.05) is 0 Å². The van der Waals surface area contributed by atoms with E-state index in [4.69, 9.17) is 23.2 Å². The van der Waals surface area contributed by atoms with Crippen LogP contribution in [0.2, 0.25) is 0 Å². The van der Waals surface area contributed by atoms with E-state index in [-0.39, 0.29) is 4.87 Å². The highest BCUT2D eigenvalue weighted by atomic mass is 35.5. The number of allylic oxidation sites excluding steroid dienone is 2. The highest BCUT2D eigenvalue weighted by Gasteiger charge is 2.44. The lowest BCUT2D eigenvalue weighted by Gasteiger charge is -2.16. The third-order valence-electron chi connectivity index (χ3n) is 2.31. The second-order valence-electron chi connectivity index (χ2n) is 2.98. The van der Waals surface area contributed by atoms with Crippen molar-refractivity contribution in [2.45, 2.75) is 24.1 Å². The first-order valence-electron chi connectivity index (χ1n) is 3.27. The zero-order valence-electron chi connectivity index (χ0n) is 5.03. The summed E-state index contributed by atoms with van der Waals surface area (Å²) in [4.78, 5) is -0.133. The van der Waals surface area contributed by atoms with Gasteiger partial charge in [-0.2, -0.15) is 0 Å². The topological polar surface area (TPSA) is 0 Å². The molecule has 2 rings (SSSR count). The van der Waals surface area contributed by atoms with Gasteiger partial charge in [-0.05, 0) is 25.2 Å². The van der Waals surface area contributed by atoms with E-state index in [2.05, 4.69) is 6.08 Å². The van der Waals surface area contributed by atoms with Crippen molar-refractivity contribution in [1.82, 2.24) is 0 Å². The molecule has 0 aromatic rings. The molecule has 0 spiro atoms. The Morgan fingerprint density at radius 1 is 1.67 bits per heavy atom. The minimum atomic E-state index is -0.133. The van der Waals surface area contributed by atoms with Gasteiger partial charge in [0.1, 0.15) is 0 Å². The summed E-state index contributed by atoms with van der Waals surface area (Å²) in [7, 11) is 0. The molecular weight excluding hydrogens is 155 g/mol. The average molecular weight is 163 g/mol. The van der Waals surface area contributed by atoms with E-state index in [1.165, 1.54) is 6.42 Å². The standard InChI is InChI=1S/C7H8Cl2/c8-6-3-5-1-2-7(6,9)4-5/h3,5H,1-2,4H2. The Bertz CT molecular complexity index is 174. The van der Waals surface area contributed by atoms with E-state index in [1.54, 1.807) is 0 Å². The Labute approximate surface area is 64.8 Å². The van der Waals surface area contributed by atoms with Crippen molar-refractivity contribution < 1.29 is 0 Å². The van der Waals surface area contributed by atoms with E-state index < -0.39 is 0 Å². The summed E-state index contributed by atoms with van der Waals surface area (Å²) in [5.74, 6) is 0.690. The van der Waals surface area contributed by atoms with Crippen LogP contribution in [0.1, 0.15) is 19.3 Å². The summed E-state index contributed by atoms with van der Waals surface area (Å²) in [5.41, 5.74) is 0. The van der Waals surface area contributed by atoms with Crippen LogP contribution >= 0.6 is 23.2 Å². The van der Waals surface area contributed by atoms with Crippen molar-refractivity contribution in [3.63, 3.8) is 0 Å². The van der Waals surface area contributed by atoms with Crippen LogP contribution in [0.15, 0.2) is 11.1 Å². The predicted molar refractivity (Wildman–Crippen MR) is 39.9 cm³/mol. The van der Waals surface area contributed by atoms with Gasteiger partial charge in [0.25, 0.3) is 0 Å². The molecule has 0 aromatic heterocycles. The summed E-state index contributed by atoms with van der Waals surface area (Å²) >= 11 is 12.0. The minimum absolute atomic E-state index is 0.133. The molecule has 0 heterocycles. The van der Waals surface area contributed by atoms with Crippen LogP contribution in [0.25, 0.3) is 0 Å². The SMILES string of the molecule is ClC1=CC2CCC1(Cl)C2. The number of hydrogen-bond acceptors (Lipinski definition) is 0. The zero-order chi connectivity index (χ0) is 6.48. The van der Waals surface area contributed by atoms with E-state index in [1.807, 2.05) is 0 Å². The van der Waals surface area contributed by atoms with Crippen LogP contribution in [-0.2, 0) is 0 Å². The van der Waals surface area contributed by atoms with Crippen LogP contribution in [0.3, 0.4) is 0 Å². The molecule has 50 valence electrons. The van der Waals surface area contributed by atoms with E-state index >= 15 is 0 Å². The molecule has 1 saturated carbocycles. The molecule has 0 N–H and O–H groups in total. The van der Waals surface area contributed by atoms with Crippen LogP contribution in [0.4, 0.5) is 0 Å². The van der Waals surface area contributed by atoms with Gasteiger partial charge in [-0.3, -0.25) is 0 Å². The van der Waals surface area contributed by atoms with Gasteiger partial charge >= 0.3 is 0 Å². The fraction of sp³-hybridized carbons (Fsp3) is 0.714. The van der Waals surface area contributed by atoms with Crippen molar-refractivity contribution in [3.05, 3.63) is 11.1 Å². The Kier molecular flexibility index (Phi) is 1.13. The fourth-order valence-corrected chi connectivity index (χ4v) is 2.47. The summed E-state index contributed by atoms with van der Waals surface area (Å²) in [6, 6.07) is 0. The maximum absolute atomic E-state index is 6.15.